The first-order valence-electron chi connectivity index (χ1n) is 4.36. The van der Waals surface area contributed by atoms with Gasteiger partial charge in [0.25, 0.3) is 5.69 Å². The van der Waals surface area contributed by atoms with Gasteiger partial charge in [-0.2, -0.15) is 4.80 Å². The number of aromatic nitrogens is 4. The maximum atomic E-state index is 10.7. The molecule has 0 spiro atoms. The molecule has 16 heavy (non-hydrogen) atoms. The van der Waals surface area contributed by atoms with Crippen molar-refractivity contribution in [3.8, 4) is 11.4 Å². The summed E-state index contributed by atoms with van der Waals surface area (Å²) in [6.07, 6.45) is 0. The van der Waals surface area contributed by atoms with E-state index in [0.717, 1.165) is 0 Å². The molecule has 0 radical (unpaired) electrons. The Kier molecular flexibility index (Phi) is 2.24. The second-order valence-electron chi connectivity index (χ2n) is 3.13. The molecule has 0 atom stereocenters. The minimum atomic E-state index is -0.546. The molecule has 0 aliphatic carbocycles. The van der Waals surface area contributed by atoms with E-state index in [0.29, 0.717) is 11.4 Å². The van der Waals surface area contributed by atoms with Crippen molar-refractivity contribution in [2.75, 3.05) is 5.73 Å². The highest BCUT2D eigenvalue weighted by Gasteiger charge is 2.14. The van der Waals surface area contributed by atoms with Crippen molar-refractivity contribution in [2.24, 2.45) is 7.05 Å². The number of nitro groups is 1. The number of nitrogens with zero attached hydrogens (tertiary/aromatic N) is 5. The van der Waals surface area contributed by atoms with Crippen LogP contribution < -0.4 is 5.73 Å². The summed E-state index contributed by atoms with van der Waals surface area (Å²) in [5.41, 5.74) is 5.93. The zero-order valence-corrected chi connectivity index (χ0v) is 8.36. The molecule has 8 heteroatoms. The van der Waals surface area contributed by atoms with Gasteiger partial charge in [-0.1, -0.05) is 0 Å². The normalized spacial score (nSPS) is 10.3. The van der Waals surface area contributed by atoms with Crippen molar-refractivity contribution >= 4 is 11.4 Å². The third-order valence-electron chi connectivity index (χ3n) is 1.99. The SMILES string of the molecule is Cn1nnc(-c2ccc(N)c([N+](=O)[O-])c2)n1. The van der Waals surface area contributed by atoms with Gasteiger partial charge in [-0.3, -0.25) is 10.1 Å². The summed E-state index contributed by atoms with van der Waals surface area (Å²) < 4.78 is 0. The standard InChI is InChI=1S/C8H8N6O2/c1-13-11-8(10-12-13)5-2-3-6(9)7(4-5)14(15)16/h2-4H,9H2,1H3. The molecule has 0 amide bonds. The third-order valence-corrected chi connectivity index (χ3v) is 1.99. The lowest BCUT2D eigenvalue weighted by Crippen LogP contribution is -1.96. The van der Waals surface area contributed by atoms with Crippen LogP contribution in [0.5, 0.6) is 0 Å². The fourth-order valence-corrected chi connectivity index (χ4v) is 1.24. The molecule has 82 valence electrons. The molecule has 2 rings (SSSR count). The summed E-state index contributed by atoms with van der Waals surface area (Å²) >= 11 is 0. The number of nitro benzene ring substituents is 1. The quantitative estimate of drug-likeness (QED) is 0.444. The number of nitrogen functional groups attached to an aromatic ring is 1. The van der Waals surface area contributed by atoms with E-state index in [2.05, 4.69) is 15.4 Å². The highest BCUT2D eigenvalue weighted by atomic mass is 16.6. The Labute approximate surface area is 89.8 Å². The molecule has 0 saturated carbocycles. The van der Waals surface area contributed by atoms with E-state index in [-0.39, 0.29) is 11.4 Å². The molecular weight excluding hydrogens is 212 g/mol. The van der Waals surface area contributed by atoms with E-state index in [1.165, 1.54) is 16.9 Å². The average molecular weight is 220 g/mol. The van der Waals surface area contributed by atoms with Crippen molar-refractivity contribution in [3.63, 3.8) is 0 Å². The lowest BCUT2D eigenvalue weighted by atomic mass is 10.1. The second-order valence-corrected chi connectivity index (χ2v) is 3.13. The van der Waals surface area contributed by atoms with Gasteiger partial charge >= 0.3 is 0 Å². The maximum absolute atomic E-state index is 10.7. The smallest absolute Gasteiger partial charge is 0.292 e. The molecule has 1 aromatic heterocycles. The predicted molar refractivity (Wildman–Crippen MR) is 55.3 cm³/mol. The van der Waals surface area contributed by atoms with Gasteiger partial charge in [0.05, 0.1) is 12.0 Å². The van der Waals surface area contributed by atoms with E-state index >= 15 is 0 Å². The van der Waals surface area contributed by atoms with Crippen LogP contribution in [-0.4, -0.2) is 25.1 Å². The molecule has 2 N–H and O–H groups in total. The van der Waals surface area contributed by atoms with E-state index in [4.69, 9.17) is 5.73 Å². The highest BCUT2D eigenvalue weighted by molar-refractivity contribution is 5.68. The maximum Gasteiger partial charge on any atom is 0.292 e. The lowest BCUT2D eigenvalue weighted by molar-refractivity contribution is -0.383. The Morgan fingerprint density at radius 3 is 2.81 bits per heavy atom. The summed E-state index contributed by atoms with van der Waals surface area (Å²) in [6, 6.07) is 4.38. The van der Waals surface area contributed by atoms with Crippen LogP contribution in [0.2, 0.25) is 0 Å². The summed E-state index contributed by atoms with van der Waals surface area (Å²) in [6.45, 7) is 0. The minimum absolute atomic E-state index is 0.109. The van der Waals surface area contributed by atoms with Crippen LogP contribution in [-0.2, 0) is 7.05 Å². The van der Waals surface area contributed by atoms with E-state index < -0.39 is 4.92 Å². The van der Waals surface area contributed by atoms with Gasteiger partial charge in [-0.15, -0.1) is 10.2 Å². The number of hydrogen-bond donors (Lipinski definition) is 1. The molecule has 0 unspecified atom stereocenters. The van der Waals surface area contributed by atoms with Gasteiger partial charge in [-0.25, -0.2) is 0 Å². The number of nitrogens with two attached hydrogens (primary N) is 1. The highest BCUT2D eigenvalue weighted by Crippen LogP contribution is 2.26. The van der Waals surface area contributed by atoms with Crippen molar-refractivity contribution < 1.29 is 4.92 Å². The Morgan fingerprint density at radius 2 is 2.25 bits per heavy atom. The average Bonchev–Trinajstić information content (AvgIpc) is 2.65. The molecular formula is C8H8N6O2. The van der Waals surface area contributed by atoms with Crippen molar-refractivity contribution in [1.29, 1.82) is 0 Å². The van der Waals surface area contributed by atoms with Gasteiger partial charge in [-0.05, 0) is 17.3 Å². The summed E-state index contributed by atoms with van der Waals surface area (Å²) in [5, 5.41) is 22.0. The van der Waals surface area contributed by atoms with Crippen LogP contribution in [0.15, 0.2) is 18.2 Å². The fourth-order valence-electron chi connectivity index (χ4n) is 1.24. The molecule has 1 aromatic carbocycles. The Morgan fingerprint density at radius 1 is 1.50 bits per heavy atom. The largest absolute Gasteiger partial charge is 0.393 e. The van der Waals surface area contributed by atoms with Gasteiger partial charge in [0, 0.05) is 11.6 Å². The topological polar surface area (TPSA) is 113 Å². The number of anilines is 1. The van der Waals surface area contributed by atoms with E-state index in [9.17, 15) is 10.1 Å². The third kappa shape index (κ3) is 1.67. The monoisotopic (exact) mass is 220 g/mol. The number of tetrazole rings is 1. The minimum Gasteiger partial charge on any atom is -0.393 e. The van der Waals surface area contributed by atoms with Gasteiger partial charge in [0.15, 0.2) is 0 Å². The zero-order valence-electron chi connectivity index (χ0n) is 8.36. The van der Waals surface area contributed by atoms with Crippen molar-refractivity contribution in [2.45, 2.75) is 0 Å². The predicted octanol–water partition coefficient (Wildman–Crippen LogP) is 0.367. The molecule has 1 heterocycles. The van der Waals surface area contributed by atoms with Gasteiger partial charge < -0.3 is 5.73 Å². The summed E-state index contributed by atoms with van der Waals surface area (Å²) in [7, 11) is 1.61. The number of hydrogen-bond acceptors (Lipinski definition) is 6. The van der Waals surface area contributed by atoms with Crippen LogP contribution in [0.4, 0.5) is 11.4 Å². The van der Waals surface area contributed by atoms with Crippen LogP contribution in [0.25, 0.3) is 11.4 Å². The van der Waals surface area contributed by atoms with Gasteiger partial charge in [0.2, 0.25) is 5.82 Å². The first-order chi connectivity index (χ1) is 7.58. The molecule has 8 nitrogen and oxygen atoms in total. The molecule has 2 aromatic rings. The van der Waals surface area contributed by atoms with E-state index in [1.807, 2.05) is 0 Å². The first kappa shape index (κ1) is 10.0. The van der Waals surface area contributed by atoms with Gasteiger partial charge in [0.1, 0.15) is 5.69 Å². The Hall–Kier alpha value is -2.51. The Balaban J connectivity index is 2.51. The first-order valence-corrected chi connectivity index (χ1v) is 4.36. The molecule has 0 fully saturated rings. The lowest BCUT2D eigenvalue weighted by Gasteiger charge is -1.98. The molecule has 0 bridgehead atoms. The summed E-state index contributed by atoms with van der Waals surface area (Å²) in [5.74, 6) is 0.325. The molecule has 0 aliphatic heterocycles. The molecule has 0 aliphatic rings. The number of aryl methyl sites for hydroxylation is 1. The number of rotatable bonds is 2. The van der Waals surface area contributed by atoms with Crippen molar-refractivity contribution in [3.05, 3.63) is 28.3 Å². The fraction of sp³-hybridized carbons (Fsp3) is 0.125. The Bertz CT molecular complexity index is 549. The molecule has 0 saturated heterocycles. The van der Waals surface area contributed by atoms with Crippen LogP contribution in [0.3, 0.4) is 0 Å². The van der Waals surface area contributed by atoms with Crippen LogP contribution in [0.1, 0.15) is 0 Å². The second kappa shape index (κ2) is 3.57. The van der Waals surface area contributed by atoms with Crippen LogP contribution in [0, 0.1) is 10.1 Å². The summed E-state index contributed by atoms with van der Waals surface area (Å²) in [4.78, 5) is 11.4. The van der Waals surface area contributed by atoms with Crippen LogP contribution >= 0.6 is 0 Å². The zero-order chi connectivity index (χ0) is 11.7. The number of benzene rings is 1. The van der Waals surface area contributed by atoms with Crippen molar-refractivity contribution in [1.82, 2.24) is 20.2 Å². The van der Waals surface area contributed by atoms with E-state index in [1.54, 1.807) is 13.1 Å².